The first-order valence-electron chi connectivity index (χ1n) is 6.05. The summed E-state index contributed by atoms with van der Waals surface area (Å²) < 4.78 is 5.37. The Bertz CT molecular complexity index is 502. The Morgan fingerprint density at radius 1 is 1.56 bits per heavy atom. The average molecular weight is 262 g/mol. The van der Waals surface area contributed by atoms with Crippen LogP contribution in [0.3, 0.4) is 0 Å². The molecule has 0 atom stereocenters. The van der Waals surface area contributed by atoms with E-state index in [0.717, 1.165) is 36.0 Å². The van der Waals surface area contributed by atoms with Crippen molar-refractivity contribution in [3.8, 4) is 10.6 Å². The topological polar surface area (TPSA) is 29.3 Å². The van der Waals surface area contributed by atoms with Crippen LogP contribution in [0.2, 0.25) is 0 Å². The van der Waals surface area contributed by atoms with Gasteiger partial charge in [-0.2, -0.15) is 0 Å². The molecular weight excluding hydrogens is 244 g/mol. The highest BCUT2D eigenvalue weighted by atomic mass is 32.1. The fourth-order valence-electron chi connectivity index (χ4n) is 1.81. The molecule has 0 aliphatic rings. The number of hydrogen-bond donors (Lipinski definition) is 0. The largest absolute Gasteiger partial charge is 0.355 e. The number of thiophene rings is 1. The van der Waals surface area contributed by atoms with Gasteiger partial charge in [-0.3, -0.25) is 4.90 Å². The van der Waals surface area contributed by atoms with Crippen molar-refractivity contribution in [3.05, 3.63) is 41.4 Å². The minimum Gasteiger partial charge on any atom is -0.355 e. The molecular formula is C14H18N2OS. The van der Waals surface area contributed by atoms with Gasteiger partial charge < -0.3 is 4.52 Å². The number of rotatable bonds is 6. The number of nitrogens with zero attached hydrogens (tertiary/aromatic N) is 2. The Labute approximate surface area is 112 Å². The molecule has 2 aromatic rings. The maximum Gasteiger partial charge on any atom is 0.177 e. The average Bonchev–Trinajstić information content (AvgIpc) is 2.97. The molecule has 0 aromatic carbocycles. The van der Waals surface area contributed by atoms with Crippen molar-refractivity contribution in [2.24, 2.45) is 0 Å². The summed E-state index contributed by atoms with van der Waals surface area (Å²) in [6.07, 6.45) is 0. The first kappa shape index (κ1) is 13.1. The smallest absolute Gasteiger partial charge is 0.177 e. The lowest BCUT2D eigenvalue weighted by molar-refractivity contribution is 0.292. The Kier molecular flexibility index (Phi) is 4.33. The predicted octanol–water partition coefficient (Wildman–Crippen LogP) is 3.80. The molecule has 0 radical (unpaired) electrons. The first-order valence-corrected chi connectivity index (χ1v) is 6.93. The van der Waals surface area contributed by atoms with Crippen LogP contribution in [0.4, 0.5) is 0 Å². The van der Waals surface area contributed by atoms with E-state index in [1.165, 1.54) is 5.57 Å². The fourth-order valence-corrected chi connectivity index (χ4v) is 2.48. The zero-order chi connectivity index (χ0) is 13.0. The first-order chi connectivity index (χ1) is 8.69. The molecule has 2 rings (SSSR count). The van der Waals surface area contributed by atoms with E-state index >= 15 is 0 Å². The normalized spacial score (nSPS) is 11.1. The van der Waals surface area contributed by atoms with Crippen molar-refractivity contribution in [1.82, 2.24) is 10.1 Å². The summed E-state index contributed by atoms with van der Waals surface area (Å²) in [7, 11) is 0. The summed E-state index contributed by atoms with van der Waals surface area (Å²) in [6, 6.07) is 6.08. The zero-order valence-corrected chi connectivity index (χ0v) is 11.7. The number of likely N-dealkylation sites (N-methyl/N-ethyl adjacent to an activating group) is 1. The SMILES string of the molecule is C=C(C)CN(CC)Cc1cc(-c2cccs2)on1. The number of aromatic nitrogens is 1. The Hall–Kier alpha value is -1.39. The second kappa shape index (κ2) is 5.98. The molecule has 0 N–H and O–H groups in total. The summed E-state index contributed by atoms with van der Waals surface area (Å²) in [6.45, 7) is 10.8. The molecule has 0 saturated heterocycles. The molecule has 0 amide bonds. The van der Waals surface area contributed by atoms with Crippen LogP contribution in [0.25, 0.3) is 10.6 Å². The second-order valence-electron chi connectivity index (χ2n) is 4.42. The molecule has 18 heavy (non-hydrogen) atoms. The summed E-state index contributed by atoms with van der Waals surface area (Å²) in [5.41, 5.74) is 2.14. The van der Waals surface area contributed by atoms with Gasteiger partial charge in [-0.05, 0) is 24.9 Å². The van der Waals surface area contributed by atoms with Crippen molar-refractivity contribution in [1.29, 1.82) is 0 Å². The van der Waals surface area contributed by atoms with Gasteiger partial charge in [0.25, 0.3) is 0 Å². The van der Waals surface area contributed by atoms with E-state index in [-0.39, 0.29) is 0 Å². The van der Waals surface area contributed by atoms with E-state index in [2.05, 4.69) is 23.6 Å². The van der Waals surface area contributed by atoms with E-state index < -0.39 is 0 Å². The van der Waals surface area contributed by atoms with Crippen LogP contribution in [0.1, 0.15) is 19.5 Å². The quantitative estimate of drug-likeness (QED) is 0.741. The van der Waals surface area contributed by atoms with Crippen molar-refractivity contribution in [3.63, 3.8) is 0 Å². The van der Waals surface area contributed by atoms with Gasteiger partial charge >= 0.3 is 0 Å². The molecule has 96 valence electrons. The van der Waals surface area contributed by atoms with Crippen LogP contribution < -0.4 is 0 Å². The zero-order valence-electron chi connectivity index (χ0n) is 10.8. The maximum atomic E-state index is 5.37. The fraction of sp³-hybridized carbons (Fsp3) is 0.357. The van der Waals surface area contributed by atoms with Gasteiger partial charge in [0.1, 0.15) is 0 Å². The third-order valence-corrected chi connectivity index (χ3v) is 3.53. The highest BCUT2D eigenvalue weighted by molar-refractivity contribution is 7.13. The Morgan fingerprint density at radius 2 is 2.39 bits per heavy atom. The molecule has 0 bridgehead atoms. The van der Waals surface area contributed by atoms with Gasteiger partial charge in [-0.25, -0.2) is 0 Å². The highest BCUT2D eigenvalue weighted by Gasteiger charge is 2.10. The molecule has 4 heteroatoms. The molecule has 3 nitrogen and oxygen atoms in total. The van der Waals surface area contributed by atoms with E-state index in [1.807, 2.05) is 30.5 Å². The van der Waals surface area contributed by atoms with Crippen LogP contribution in [0, 0.1) is 0 Å². The standard InChI is InChI=1S/C14H18N2OS/c1-4-16(9-11(2)3)10-12-8-13(17-15-12)14-6-5-7-18-14/h5-8H,2,4,9-10H2,1,3H3. The predicted molar refractivity (Wildman–Crippen MR) is 75.6 cm³/mol. The van der Waals surface area contributed by atoms with Crippen LogP contribution in [-0.2, 0) is 6.54 Å². The monoisotopic (exact) mass is 262 g/mol. The molecule has 0 fully saturated rings. The molecule has 0 aliphatic carbocycles. The van der Waals surface area contributed by atoms with E-state index in [1.54, 1.807) is 11.3 Å². The molecule has 2 aromatic heterocycles. The van der Waals surface area contributed by atoms with E-state index in [9.17, 15) is 0 Å². The molecule has 0 aliphatic heterocycles. The summed E-state index contributed by atoms with van der Waals surface area (Å²) in [5, 5.41) is 6.17. The van der Waals surface area contributed by atoms with Gasteiger partial charge in [0.05, 0.1) is 10.6 Å². The van der Waals surface area contributed by atoms with Crippen LogP contribution in [0.5, 0.6) is 0 Å². The van der Waals surface area contributed by atoms with Crippen LogP contribution in [-0.4, -0.2) is 23.1 Å². The lowest BCUT2D eigenvalue weighted by atomic mass is 10.2. The third-order valence-electron chi connectivity index (χ3n) is 2.65. The Balaban J connectivity index is 2.04. The highest BCUT2D eigenvalue weighted by Crippen LogP contribution is 2.25. The second-order valence-corrected chi connectivity index (χ2v) is 5.37. The third kappa shape index (κ3) is 3.31. The summed E-state index contributed by atoms with van der Waals surface area (Å²) in [5.74, 6) is 0.853. The van der Waals surface area contributed by atoms with Gasteiger partial charge in [0, 0.05) is 19.2 Å². The van der Waals surface area contributed by atoms with Gasteiger partial charge in [0.15, 0.2) is 5.76 Å². The molecule has 2 heterocycles. The van der Waals surface area contributed by atoms with E-state index in [4.69, 9.17) is 4.52 Å². The molecule has 0 spiro atoms. The van der Waals surface area contributed by atoms with Gasteiger partial charge in [-0.1, -0.05) is 30.3 Å². The van der Waals surface area contributed by atoms with Crippen molar-refractivity contribution in [2.45, 2.75) is 20.4 Å². The lowest BCUT2D eigenvalue weighted by Crippen LogP contribution is -2.24. The van der Waals surface area contributed by atoms with Crippen molar-refractivity contribution >= 4 is 11.3 Å². The van der Waals surface area contributed by atoms with Crippen molar-refractivity contribution < 1.29 is 4.52 Å². The lowest BCUT2D eigenvalue weighted by Gasteiger charge is -2.18. The summed E-state index contributed by atoms with van der Waals surface area (Å²) in [4.78, 5) is 3.41. The minimum absolute atomic E-state index is 0.804. The minimum atomic E-state index is 0.804. The van der Waals surface area contributed by atoms with Crippen molar-refractivity contribution in [2.75, 3.05) is 13.1 Å². The molecule has 0 saturated carbocycles. The number of hydrogen-bond acceptors (Lipinski definition) is 4. The van der Waals surface area contributed by atoms with Gasteiger partial charge in [-0.15, -0.1) is 11.3 Å². The van der Waals surface area contributed by atoms with E-state index in [0.29, 0.717) is 0 Å². The maximum absolute atomic E-state index is 5.37. The molecule has 0 unspecified atom stereocenters. The Morgan fingerprint density at radius 3 is 3.00 bits per heavy atom. The van der Waals surface area contributed by atoms with Crippen LogP contribution in [0.15, 0.2) is 40.3 Å². The summed E-state index contributed by atoms with van der Waals surface area (Å²) >= 11 is 1.66. The van der Waals surface area contributed by atoms with Crippen LogP contribution >= 0.6 is 11.3 Å². The van der Waals surface area contributed by atoms with Gasteiger partial charge in [0.2, 0.25) is 0 Å².